The van der Waals surface area contributed by atoms with Crippen LogP contribution in [-0.4, -0.2) is 9.55 Å². The number of hydrogen-bond acceptors (Lipinski definition) is 2. The lowest BCUT2D eigenvalue weighted by molar-refractivity contribution is 0.722. The molecule has 1 rings (SSSR count). The fourth-order valence-corrected chi connectivity index (χ4v) is 1.17. The average molecular weight is 229 g/mol. The molecular weight excluding hydrogens is 220 g/mol. The Balaban J connectivity index is 3.09. The number of nitrogens with zero attached hydrogens (tertiary/aromatic N) is 2. The van der Waals surface area contributed by atoms with Crippen LogP contribution in [0.3, 0.4) is 0 Å². The normalized spacial score (nSPS) is 9.83. The lowest BCUT2D eigenvalue weighted by Gasteiger charge is -2.03. The van der Waals surface area contributed by atoms with Gasteiger partial charge in [-0.05, 0) is 22.9 Å². The first-order chi connectivity index (χ1) is 5.61. The second-order valence-electron chi connectivity index (χ2n) is 2.63. The van der Waals surface area contributed by atoms with E-state index in [1.807, 2.05) is 6.92 Å². The van der Waals surface area contributed by atoms with E-state index in [1.165, 1.54) is 17.1 Å². The molecule has 0 atom stereocenters. The van der Waals surface area contributed by atoms with E-state index in [9.17, 15) is 4.79 Å². The Kier molecular flexibility index (Phi) is 2.81. The van der Waals surface area contributed by atoms with E-state index in [1.54, 1.807) is 0 Å². The van der Waals surface area contributed by atoms with E-state index in [0.29, 0.717) is 11.0 Å². The molecule has 0 aliphatic carbocycles. The minimum atomic E-state index is -0.0759. The third-order valence-electron chi connectivity index (χ3n) is 1.30. The van der Waals surface area contributed by atoms with Gasteiger partial charge in [-0.2, -0.15) is 0 Å². The highest BCUT2D eigenvalue weighted by atomic mass is 79.9. The molecule has 0 spiro atoms. The number of halogens is 1. The molecule has 64 valence electrons. The highest BCUT2D eigenvalue weighted by Gasteiger charge is 1.99. The van der Waals surface area contributed by atoms with Crippen molar-refractivity contribution >= 4 is 15.9 Å². The molecule has 0 saturated heterocycles. The molecule has 0 aliphatic heterocycles. The van der Waals surface area contributed by atoms with Gasteiger partial charge in [-0.25, -0.2) is 4.98 Å². The van der Waals surface area contributed by atoms with E-state index in [4.69, 9.17) is 0 Å². The SMILES string of the molecule is C=C(C)Cn1cncc(Br)c1=O. The minimum absolute atomic E-state index is 0.0759. The molecule has 0 bridgehead atoms. The first-order valence-electron chi connectivity index (χ1n) is 3.45. The molecule has 3 nitrogen and oxygen atoms in total. The summed E-state index contributed by atoms with van der Waals surface area (Å²) in [5, 5.41) is 0. The van der Waals surface area contributed by atoms with Crippen molar-refractivity contribution in [1.82, 2.24) is 9.55 Å². The van der Waals surface area contributed by atoms with E-state index in [2.05, 4.69) is 27.5 Å². The molecular formula is C8H9BrN2O. The van der Waals surface area contributed by atoms with Crippen LogP contribution in [0, 0.1) is 0 Å². The van der Waals surface area contributed by atoms with Crippen LogP contribution < -0.4 is 5.56 Å². The average Bonchev–Trinajstić information content (AvgIpc) is 1.98. The Morgan fingerprint density at radius 1 is 1.83 bits per heavy atom. The van der Waals surface area contributed by atoms with E-state index >= 15 is 0 Å². The quantitative estimate of drug-likeness (QED) is 0.721. The van der Waals surface area contributed by atoms with E-state index in [-0.39, 0.29) is 5.56 Å². The van der Waals surface area contributed by atoms with Gasteiger partial charge in [-0.1, -0.05) is 12.2 Å². The van der Waals surface area contributed by atoms with E-state index in [0.717, 1.165) is 5.57 Å². The number of aromatic nitrogens is 2. The zero-order valence-corrected chi connectivity index (χ0v) is 8.34. The molecule has 12 heavy (non-hydrogen) atoms. The van der Waals surface area contributed by atoms with Gasteiger partial charge in [-0.3, -0.25) is 9.36 Å². The van der Waals surface area contributed by atoms with Crippen LogP contribution in [0.25, 0.3) is 0 Å². The number of allylic oxidation sites excluding steroid dienone is 1. The van der Waals surface area contributed by atoms with Gasteiger partial charge in [-0.15, -0.1) is 0 Å². The van der Waals surface area contributed by atoms with Crippen molar-refractivity contribution in [2.75, 3.05) is 0 Å². The van der Waals surface area contributed by atoms with Crippen molar-refractivity contribution in [3.63, 3.8) is 0 Å². The molecule has 0 amide bonds. The molecule has 1 heterocycles. The summed E-state index contributed by atoms with van der Waals surface area (Å²) in [4.78, 5) is 15.2. The Hall–Kier alpha value is -0.900. The van der Waals surface area contributed by atoms with Crippen molar-refractivity contribution in [2.24, 2.45) is 0 Å². The maximum atomic E-state index is 11.3. The highest BCUT2D eigenvalue weighted by Crippen LogP contribution is 1.99. The summed E-state index contributed by atoms with van der Waals surface area (Å²) < 4.78 is 1.98. The summed E-state index contributed by atoms with van der Waals surface area (Å²) in [7, 11) is 0. The Morgan fingerprint density at radius 2 is 2.50 bits per heavy atom. The second kappa shape index (κ2) is 3.67. The highest BCUT2D eigenvalue weighted by molar-refractivity contribution is 9.10. The molecule has 0 N–H and O–H groups in total. The van der Waals surface area contributed by atoms with Gasteiger partial charge in [0.1, 0.15) is 4.47 Å². The smallest absolute Gasteiger partial charge is 0.267 e. The Labute approximate surface area is 78.9 Å². The van der Waals surface area contributed by atoms with Crippen molar-refractivity contribution in [3.05, 3.63) is 39.5 Å². The summed E-state index contributed by atoms with van der Waals surface area (Å²) in [6.07, 6.45) is 2.99. The number of hydrogen-bond donors (Lipinski definition) is 0. The molecule has 0 aromatic carbocycles. The lowest BCUT2D eigenvalue weighted by Crippen LogP contribution is -2.20. The summed E-state index contributed by atoms with van der Waals surface area (Å²) in [6.45, 7) is 6.11. The van der Waals surface area contributed by atoms with Crippen LogP contribution in [-0.2, 0) is 6.54 Å². The second-order valence-corrected chi connectivity index (χ2v) is 3.49. The molecule has 0 saturated carbocycles. The fourth-order valence-electron chi connectivity index (χ4n) is 0.828. The zero-order chi connectivity index (χ0) is 9.14. The van der Waals surface area contributed by atoms with Crippen molar-refractivity contribution < 1.29 is 0 Å². The van der Waals surface area contributed by atoms with Crippen molar-refractivity contribution in [3.8, 4) is 0 Å². The Morgan fingerprint density at radius 3 is 3.08 bits per heavy atom. The number of rotatable bonds is 2. The summed E-state index contributed by atoms with van der Waals surface area (Å²) in [6, 6.07) is 0. The largest absolute Gasteiger partial charge is 0.294 e. The molecule has 1 aromatic heterocycles. The van der Waals surface area contributed by atoms with Crippen molar-refractivity contribution in [1.29, 1.82) is 0 Å². The van der Waals surface area contributed by atoms with Crippen LogP contribution in [0.2, 0.25) is 0 Å². The lowest BCUT2D eigenvalue weighted by atomic mass is 10.3. The van der Waals surface area contributed by atoms with Crippen LogP contribution in [0.1, 0.15) is 6.92 Å². The maximum Gasteiger partial charge on any atom is 0.267 e. The van der Waals surface area contributed by atoms with Gasteiger partial charge in [0.25, 0.3) is 5.56 Å². The first kappa shape index (κ1) is 9.19. The van der Waals surface area contributed by atoms with Gasteiger partial charge >= 0.3 is 0 Å². The summed E-state index contributed by atoms with van der Waals surface area (Å²) >= 11 is 3.11. The Bertz CT molecular complexity index is 356. The maximum absolute atomic E-state index is 11.3. The minimum Gasteiger partial charge on any atom is -0.294 e. The van der Waals surface area contributed by atoms with Crippen LogP contribution in [0.15, 0.2) is 33.9 Å². The van der Waals surface area contributed by atoms with Gasteiger partial charge in [0.2, 0.25) is 0 Å². The predicted molar refractivity (Wildman–Crippen MR) is 51.0 cm³/mol. The summed E-state index contributed by atoms with van der Waals surface area (Å²) in [5.74, 6) is 0. The molecule has 1 aromatic rings. The third-order valence-corrected chi connectivity index (χ3v) is 1.84. The van der Waals surface area contributed by atoms with Gasteiger partial charge in [0.05, 0.1) is 6.33 Å². The van der Waals surface area contributed by atoms with Crippen LogP contribution in [0.4, 0.5) is 0 Å². The van der Waals surface area contributed by atoms with E-state index < -0.39 is 0 Å². The van der Waals surface area contributed by atoms with Crippen LogP contribution >= 0.6 is 15.9 Å². The molecule has 4 heteroatoms. The third kappa shape index (κ3) is 2.04. The molecule has 0 unspecified atom stereocenters. The first-order valence-corrected chi connectivity index (χ1v) is 4.25. The van der Waals surface area contributed by atoms with Crippen molar-refractivity contribution in [2.45, 2.75) is 13.5 Å². The van der Waals surface area contributed by atoms with Crippen LogP contribution in [0.5, 0.6) is 0 Å². The monoisotopic (exact) mass is 228 g/mol. The summed E-state index contributed by atoms with van der Waals surface area (Å²) in [5.41, 5.74) is 0.852. The predicted octanol–water partition coefficient (Wildman–Crippen LogP) is 1.58. The van der Waals surface area contributed by atoms with Gasteiger partial charge < -0.3 is 0 Å². The molecule has 0 fully saturated rings. The van der Waals surface area contributed by atoms with Gasteiger partial charge in [0, 0.05) is 12.7 Å². The fraction of sp³-hybridized carbons (Fsp3) is 0.250. The molecule has 0 radical (unpaired) electrons. The van der Waals surface area contributed by atoms with Gasteiger partial charge in [0.15, 0.2) is 0 Å². The topological polar surface area (TPSA) is 34.9 Å². The zero-order valence-electron chi connectivity index (χ0n) is 6.75. The standard InChI is InChI=1S/C8H9BrN2O/c1-6(2)4-11-5-10-3-7(9)8(11)12/h3,5H,1,4H2,2H3. The molecule has 0 aliphatic rings.